The van der Waals surface area contributed by atoms with Crippen molar-refractivity contribution in [2.75, 3.05) is 5.32 Å². The van der Waals surface area contributed by atoms with Gasteiger partial charge in [-0.3, -0.25) is 0 Å². The lowest BCUT2D eigenvalue weighted by Gasteiger charge is -2.46. The fraction of sp³-hybridized carbons (Fsp3) is 0.529. The normalized spacial score (nSPS) is 20.7. The van der Waals surface area contributed by atoms with Crippen molar-refractivity contribution in [2.24, 2.45) is 0 Å². The van der Waals surface area contributed by atoms with Crippen LogP contribution in [0.4, 0.5) is 5.82 Å². The molecule has 1 fully saturated rings. The summed E-state index contributed by atoms with van der Waals surface area (Å²) in [5.74, 6) is 1.55. The molecular formula is C17H24N4O. The van der Waals surface area contributed by atoms with Crippen molar-refractivity contribution < 1.29 is 4.42 Å². The highest BCUT2D eigenvalue weighted by atomic mass is 16.3. The van der Waals surface area contributed by atoms with Crippen LogP contribution in [0.1, 0.15) is 40.5 Å². The minimum Gasteiger partial charge on any atom is -0.472 e. The molecule has 0 amide bonds. The van der Waals surface area contributed by atoms with Crippen LogP contribution >= 0.6 is 0 Å². The molecule has 0 spiro atoms. The zero-order valence-electron chi connectivity index (χ0n) is 13.7. The van der Waals surface area contributed by atoms with E-state index >= 15 is 0 Å². The first-order valence-corrected chi connectivity index (χ1v) is 7.75. The maximum atomic E-state index is 5.10. The van der Waals surface area contributed by atoms with Crippen LogP contribution in [0.25, 0.3) is 11.4 Å². The second-order valence-corrected chi connectivity index (χ2v) is 7.42. The Bertz CT molecular complexity index is 618. The van der Waals surface area contributed by atoms with Crippen molar-refractivity contribution in [3.8, 4) is 11.4 Å². The highest BCUT2D eigenvalue weighted by molar-refractivity contribution is 5.55. The van der Waals surface area contributed by atoms with Crippen LogP contribution in [-0.2, 0) is 0 Å². The van der Waals surface area contributed by atoms with Gasteiger partial charge in [0.25, 0.3) is 0 Å². The number of nitrogens with zero attached hydrogens (tertiary/aromatic N) is 2. The molecule has 0 aromatic carbocycles. The molecule has 0 radical (unpaired) electrons. The lowest BCUT2D eigenvalue weighted by Crippen LogP contribution is -2.60. The Balaban J connectivity index is 1.77. The monoisotopic (exact) mass is 300 g/mol. The van der Waals surface area contributed by atoms with Crippen molar-refractivity contribution in [1.82, 2.24) is 15.3 Å². The maximum Gasteiger partial charge on any atom is 0.164 e. The predicted octanol–water partition coefficient (Wildman–Crippen LogP) is 3.46. The molecule has 22 heavy (non-hydrogen) atoms. The summed E-state index contributed by atoms with van der Waals surface area (Å²) in [6.07, 6.45) is 7.20. The number of aromatic nitrogens is 2. The Morgan fingerprint density at radius 3 is 2.55 bits per heavy atom. The Kier molecular flexibility index (Phi) is 3.68. The molecule has 2 aromatic rings. The zero-order valence-corrected chi connectivity index (χ0v) is 13.7. The SMILES string of the molecule is CC1(C)CC(Nc2ccnc(-c3ccoc3)n2)CC(C)(C)N1. The lowest BCUT2D eigenvalue weighted by atomic mass is 9.79. The summed E-state index contributed by atoms with van der Waals surface area (Å²) in [5.41, 5.74) is 1.12. The fourth-order valence-corrected chi connectivity index (χ4v) is 3.60. The molecule has 5 nitrogen and oxygen atoms in total. The van der Waals surface area contributed by atoms with Gasteiger partial charge < -0.3 is 15.1 Å². The average molecular weight is 300 g/mol. The Morgan fingerprint density at radius 1 is 1.18 bits per heavy atom. The number of furan rings is 1. The Hall–Kier alpha value is -1.88. The van der Waals surface area contributed by atoms with Crippen molar-refractivity contribution in [3.05, 3.63) is 30.9 Å². The average Bonchev–Trinajstić information content (AvgIpc) is 2.88. The van der Waals surface area contributed by atoms with Gasteiger partial charge in [-0.2, -0.15) is 0 Å². The number of rotatable bonds is 3. The summed E-state index contributed by atoms with van der Waals surface area (Å²) in [7, 11) is 0. The molecule has 0 saturated carbocycles. The van der Waals surface area contributed by atoms with Crippen molar-refractivity contribution in [3.63, 3.8) is 0 Å². The van der Waals surface area contributed by atoms with Crippen molar-refractivity contribution in [2.45, 2.75) is 57.7 Å². The molecule has 3 heterocycles. The quantitative estimate of drug-likeness (QED) is 0.909. The first kappa shape index (κ1) is 15.0. The van der Waals surface area contributed by atoms with Crippen LogP contribution in [0.15, 0.2) is 35.3 Å². The molecule has 2 aromatic heterocycles. The summed E-state index contributed by atoms with van der Waals surface area (Å²) in [6.45, 7) is 9.00. The second-order valence-electron chi connectivity index (χ2n) is 7.42. The third kappa shape index (κ3) is 3.47. The maximum absolute atomic E-state index is 5.10. The van der Waals surface area contributed by atoms with Gasteiger partial charge in [0, 0.05) is 23.3 Å². The molecule has 2 N–H and O–H groups in total. The van der Waals surface area contributed by atoms with Crippen LogP contribution in [0, 0.1) is 0 Å². The minimum atomic E-state index is 0.111. The van der Waals surface area contributed by atoms with Gasteiger partial charge in [-0.1, -0.05) is 0 Å². The predicted molar refractivity (Wildman–Crippen MR) is 87.7 cm³/mol. The summed E-state index contributed by atoms with van der Waals surface area (Å²) >= 11 is 0. The molecule has 0 unspecified atom stereocenters. The summed E-state index contributed by atoms with van der Waals surface area (Å²) in [4.78, 5) is 8.91. The molecule has 0 atom stereocenters. The highest BCUT2D eigenvalue weighted by Crippen LogP contribution is 2.30. The molecule has 0 bridgehead atoms. The molecule has 0 aliphatic carbocycles. The molecule has 118 valence electrons. The molecule has 3 rings (SSSR count). The van der Waals surface area contributed by atoms with E-state index in [0.717, 1.165) is 24.2 Å². The van der Waals surface area contributed by atoms with Crippen LogP contribution in [0.5, 0.6) is 0 Å². The van der Waals surface area contributed by atoms with Crippen molar-refractivity contribution in [1.29, 1.82) is 0 Å². The molecule has 1 saturated heterocycles. The van der Waals surface area contributed by atoms with E-state index in [4.69, 9.17) is 4.42 Å². The van der Waals surface area contributed by atoms with Gasteiger partial charge >= 0.3 is 0 Å². The Morgan fingerprint density at radius 2 is 1.91 bits per heavy atom. The molecular weight excluding hydrogens is 276 g/mol. The number of piperidine rings is 1. The smallest absolute Gasteiger partial charge is 0.164 e. The van der Waals surface area contributed by atoms with Crippen LogP contribution in [-0.4, -0.2) is 27.1 Å². The minimum absolute atomic E-state index is 0.111. The first-order chi connectivity index (χ1) is 10.3. The van der Waals surface area contributed by atoms with E-state index in [1.54, 1.807) is 18.7 Å². The number of nitrogens with one attached hydrogen (secondary N) is 2. The van der Waals surface area contributed by atoms with E-state index in [9.17, 15) is 0 Å². The molecule has 5 heteroatoms. The topological polar surface area (TPSA) is 63.0 Å². The van der Waals surface area contributed by atoms with E-state index in [0.29, 0.717) is 11.9 Å². The van der Waals surface area contributed by atoms with Crippen molar-refractivity contribution >= 4 is 5.82 Å². The molecule has 1 aliphatic heterocycles. The fourth-order valence-electron chi connectivity index (χ4n) is 3.60. The zero-order chi connectivity index (χ0) is 15.8. The van der Waals surface area contributed by atoms with Crippen LogP contribution < -0.4 is 10.6 Å². The summed E-state index contributed by atoms with van der Waals surface area (Å²) in [5, 5.41) is 7.27. The standard InChI is InChI=1S/C17H24N4O/c1-16(2)9-13(10-17(3,4)21-16)19-14-5-7-18-15(20-14)12-6-8-22-11-12/h5-8,11,13,21H,9-10H2,1-4H3,(H,18,19,20). The number of anilines is 1. The summed E-state index contributed by atoms with van der Waals surface area (Å²) in [6, 6.07) is 4.18. The van der Waals surface area contributed by atoms with E-state index in [1.165, 1.54) is 0 Å². The van der Waals surface area contributed by atoms with E-state index in [-0.39, 0.29) is 11.1 Å². The third-order valence-electron chi connectivity index (χ3n) is 3.98. The summed E-state index contributed by atoms with van der Waals surface area (Å²) < 4.78 is 5.10. The number of hydrogen-bond acceptors (Lipinski definition) is 5. The van der Waals surface area contributed by atoms with E-state index in [1.807, 2.05) is 12.1 Å². The van der Waals surface area contributed by atoms with Gasteiger partial charge in [-0.25, -0.2) is 9.97 Å². The van der Waals surface area contributed by atoms with E-state index < -0.39 is 0 Å². The third-order valence-corrected chi connectivity index (χ3v) is 3.98. The van der Waals surface area contributed by atoms with Crippen LogP contribution in [0.3, 0.4) is 0 Å². The lowest BCUT2D eigenvalue weighted by molar-refractivity contribution is 0.170. The Labute approximate surface area is 131 Å². The molecule has 1 aliphatic rings. The first-order valence-electron chi connectivity index (χ1n) is 7.75. The van der Waals surface area contributed by atoms with Gasteiger partial charge in [0.2, 0.25) is 0 Å². The van der Waals surface area contributed by atoms with Gasteiger partial charge in [0.15, 0.2) is 5.82 Å². The van der Waals surface area contributed by atoms with E-state index in [2.05, 4.69) is 48.3 Å². The second kappa shape index (κ2) is 5.39. The van der Waals surface area contributed by atoms with Gasteiger partial charge in [-0.05, 0) is 52.7 Å². The number of hydrogen-bond donors (Lipinski definition) is 2. The van der Waals surface area contributed by atoms with Gasteiger partial charge in [-0.15, -0.1) is 0 Å². The highest BCUT2D eigenvalue weighted by Gasteiger charge is 2.37. The van der Waals surface area contributed by atoms with Gasteiger partial charge in [0.05, 0.1) is 11.8 Å². The largest absolute Gasteiger partial charge is 0.472 e. The van der Waals surface area contributed by atoms with Crippen LogP contribution in [0.2, 0.25) is 0 Å². The van der Waals surface area contributed by atoms with Gasteiger partial charge in [0.1, 0.15) is 12.1 Å².